The number of fused-ring (bicyclic) bond motifs is 1. The number of aromatic hydroxyl groups is 2. The molecule has 2 aromatic rings. The number of rotatable bonds is 6. The third-order valence-electron chi connectivity index (χ3n) is 7.42. The normalized spacial score (nSPS) is 37.2. The number of Topliss-reactive ketones (excluding diaryl/α,β-unsaturated/α-hetero) is 1. The molecule has 0 bridgehead atoms. The maximum atomic E-state index is 12.9. The van der Waals surface area contributed by atoms with Gasteiger partial charge in [0.2, 0.25) is 6.29 Å². The number of benzene rings is 2. The average Bonchev–Trinajstić information content (AvgIpc) is 2.94. The van der Waals surface area contributed by atoms with E-state index in [9.17, 15) is 45.6 Å². The van der Waals surface area contributed by atoms with Crippen molar-refractivity contribution in [1.29, 1.82) is 0 Å². The average molecular weight is 581 g/mol. The lowest BCUT2D eigenvalue weighted by atomic mass is 9.95. The van der Waals surface area contributed by atoms with Gasteiger partial charge < -0.3 is 64.5 Å². The molecule has 3 aliphatic heterocycles. The molecule has 3 aliphatic rings. The van der Waals surface area contributed by atoms with Crippen molar-refractivity contribution < 1.29 is 69.3 Å². The van der Waals surface area contributed by atoms with E-state index < -0.39 is 85.7 Å². The fourth-order valence-electron chi connectivity index (χ4n) is 5.07. The van der Waals surface area contributed by atoms with Crippen LogP contribution in [0.4, 0.5) is 0 Å². The first-order valence-electron chi connectivity index (χ1n) is 13.0. The highest BCUT2D eigenvalue weighted by molar-refractivity contribution is 6.02. The van der Waals surface area contributed by atoms with Crippen molar-refractivity contribution in [2.45, 2.75) is 80.9 Å². The molecule has 224 valence electrons. The molecule has 0 aliphatic carbocycles. The van der Waals surface area contributed by atoms with E-state index in [2.05, 4.69) is 0 Å². The fourth-order valence-corrected chi connectivity index (χ4v) is 5.07. The molecular formula is C27H32O14. The van der Waals surface area contributed by atoms with Crippen molar-refractivity contribution >= 4 is 5.78 Å². The van der Waals surface area contributed by atoms with E-state index >= 15 is 0 Å². The van der Waals surface area contributed by atoms with E-state index in [4.69, 9.17) is 23.7 Å². The summed E-state index contributed by atoms with van der Waals surface area (Å²) < 4.78 is 28.6. The zero-order valence-electron chi connectivity index (χ0n) is 21.8. The van der Waals surface area contributed by atoms with Gasteiger partial charge in [0.25, 0.3) is 0 Å². The number of carbonyl (C=O) groups excluding carboxylic acids is 1. The Labute approximate surface area is 233 Å². The van der Waals surface area contributed by atoms with Crippen LogP contribution in [0.3, 0.4) is 0 Å². The van der Waals surface area contributed by atoms with Crippen molar-refractivity contribution in [2.24, 2.45) is 0 Å². The van der Waals surface area contributed by atoms with Crippen LogP contribution in [-0.4, -0.2) is 115 Å². The van der Waals surface area contributed by atoms with Crippen LogP contribution >= 0.6 is 0 Å². The molecule has 2 saturated heterocycles. The summed E-state index contributed by atoms with van der Waals surface area (Å²) in [6, 6.07) is 8.50. The molecule has 2 fully saturated rings. The Bertz CT molecular complexity index is 1240. The highest BCUT2D eigenvalue weighted by atomic mass is 16.8. The smallest absolute Gasteiger partial charge is 0.229 e. The third kappa shape index (κ3) is 5.70. The quantitative estimate of drug-likeness (QED) is 0.202. The molecule has 14 heteroatoms. The third-order valence-corrected chi connectivity index (χ3v) is 7.42. The maximum absolute atomic E-state index is 12.9. The van der Waals surface area contributed by atoms with Crippen molar-refractivity contribution in [2.75, 3.05) is 6.61 Å². The van der Waals surface area contributed by atoms with Gasteiger partial charge in [-0.05, 0) is 24.6 Å². The Kier molecular flexibility index (Phi) is 8.39. The molecule has 0 saturated carbocycles. The van der Waals surface area contributed by atoms with Crippen LogP contribution < -0.4 is 9.47 Å². The zero-order chi connectivity index (χ0) is 29.6. The van der Waals surface area contributed by atoms with Crippen molar-refractivity contribution in [3.05, 3.63) is 47.5 Å². The van der Waals surface area contributed by atoms with Crippen LogP contribution in [0.25, 0.3) is 0 Å². The molecule has 1 unspecified atom stereocenters. The van der Waals surface area contributed by atoms with Gasteiger partial charge in [0.15, 0.2) is 18.2 Å². The summed E-state index contributed by atoms with van der Waals surface area (Å²) in [6.07, 6.45) is -16.0. The first-order valence-corrected chi connectivity index (χ1v) is 13.0. The first kappa shape index (κ1) is 29.4. The lowest BCUT2D eigenvalue weighted by Gasteiger charge is -2.45. The Morgan fingerprint density at radius 1 is 0.878 bits per heavy atom. The van der Waals surface area contributed by atoms with E-state index in [0.29, 0.717) is 5.56 Å². The van der Waals surface area contributed by atoms with Gasteiger partial charge in [-0.25, -0.2) is 0 Å². The minimum absolute atomic E-state index is 0.0149. The van der Waals surface area contributed by atoms with Crippen molar-refractivity contribution in [3.8, 4) is 23.0 Å². The number of aliphatic hydroxyl groups is 6. The van der Waals surface area contributed by atoms with Gasteiger partial charge >= 0.3 is 0 Å². The number of carbonyl (C=O) groups is 1. The molecule has 0 aromatic heterocycles. The molecule has 0 amide bonds. The lowest BCUT2D eigenvalue weighted by molar-refractivity contribution is -0.354. The molecule has 3 heterocycles. The van der Waals surface area contributed by atoms with E-state index in [-0.39, 0.29) is 29.2 Å². The number of phenolic OH excluding ortho intramolecular Hbond substituents is 2. The Morgan fingerprint density at radius 2 is 1.59 bits per heavy atom. The number of hydrogen-bond acceptors (Lipinski definition) is 14. The molecule has 14 nitrogen and oxygen atoms in total. The molecule has 5 rings (SSSR count). The van der Waals surface area contributed by atoms with E-state index in [0.717, 1.165) is 6.07 Å². The first-order chi connectivity index (χ1) is 19.5. The SMILES string of the molecule is C[C@H]1O[C@@H](O[C@H]2[C@H](Oc3cc(O)c4c(c3)OC(c3ccc(O)cc3)CC4=O)O[C@H](CO)[C@@H](O)[C@@H]2O)[C@@H](O)[C@@H](O)[C@@H]1O. The number of ether oxygens (including phenoxy) is 5. The molecular weight excluding hydrogens is 548 g/mol. The molecule has 11 atom stereocenters. The lowest BCUT2D eigenvalue weighted by Crippen LogP contribution is -2.64. The largest absolute Gasteiger partial charge is 0.508 e. The summed E-state index contributed by atoms with van der Waals surface area (Å²) in [5.41, 5.74) is 0.529. The molecule has 41 heavy (non-hydrogen) atoms. The van der Waals surface area contributed by atoms with Gasteiger partial charge in [-0.15, -0.1) is 0 Å². The number of phenols is 2. The second kappa shape index (κ2) is 11.7. The van der Waals surface area contributed by atoms with Gasteiger partial charge in [0, 0.05) is 12.1 Å². The van der Waals surface area contributed by atoms with Crippen LogP contribution in [-0.2, 0) is 14.2 Å². The Balaban J connectivity index is 1.41. The predicted molar refractivity (Wildman–Crippen MR) is 134 cm³/mol. The standard InChI is InChI=1S/C27H32O14/c1-10-20(32)22(34)24(36)26(37-10)41-25-23(35)21(33)18(9-28)40-27(25)38-13-6-14(30)19-15(31)8-16(39-17(19)7-13)11-2-4-12(29)5-3-11/h2-7,10,16,18,20-30,32-36H,8-9H2,1H3/t10-,16?,18-,20-,21-,22+,23+,24+,25-,26+,27-/m1/s1. The van der Waals surface area contributed by atoms with E-state index in [1.54, 1.807) is 12.1 Å². The molecule has 2 aromatic carbocycles. The minimum atomic E-state index is -1.75. The van der Waals surface area contributed by atoms with E-state index in [1.807, 2.05) is 0 Å². The Hall–Kier alpha value is -3.05. The van der Waals surface area contributed by atoms with Gasteiger partial charge in [0.1, 0.15) is 71.3 Å². The minimum Gasteiger partial charge on any atom is -0.508 e. The monoisotopic (exact) mass is 580 g/mol. The second-order valence-corrected chi connectivity index (χ2v) is 10.2. The maximum Gasteiger partial charge on any atom is 0.229 e. The summed E-state index contributed by atoms with van der Waals surface area (Å²) >= 11 is 0. The van der Waals surface area contributed by atoms with Crippen LogP contribution in [0.15, 0.2) is 36.4 Å². The van der Waals surface area contributed by atoms with Crippen LogP contribution in [0.2, 0.25) is 0 Å². The van der Waals surface area contributed by atoms with Crippen LogP contribution in [0.1, 0.15) is 35.4 Å². The summed E-state index contributed by atoms with van der Waals surface area (Å²) in [6.45, 7) is 0.716. The fraction of sp³-hybridized carbons (Fsp3) is 0.519. The number of hydrogen-bond donors (Lipinski definition) is 8. The van der Waals surface area contributed by atoms with Gasteiger partial charge in [-0.1, -0.05) is 12.1 Å². The van der Waals surface area contributed by atoms with Gasteiger partial charge in [0.05, 0.1) is 19.1 Å². The predicted octanol–water partition coefficient (Wildman–Crippen LogP) is -1.17. The van der Waals surface area contributed by atoms with E-state index in [1.165, 1.54) is 25.1 Å². The highest BCUT2D eigenvalue weighted by Crippen LogP contribution is 2.43. The number of ketones is 1. The zero-order valence-corrected chi connectivity index (χ0v) is 21.8. The number of aliphatic hydroxyl groups excluding tert-OH is 6. The Morgan fingerprint density at radius 3 is 2.27 bits per heavy atom. The summed E-state index contributed by atoms with van der Waals surface area (Å²) in [5, 5.41) is 81.6. The molecule has 0 radical (unpaired) electrons. The van der Waals surface area contributed by atoms with Gasteiger partial charge in [-0.3, -0.25) is 4.79 Å². The second-order valence-electron chi connectivity index (χ2n) is 10.2. The summed E-state index contributed by atoms with van der Waals surface area (Å²) in [7, 11) is 0. The summed E-state index contributed by atoms with van der Waals surface area (Å²) in [4.78, 5) is 12.9. The molecule has 0 spiro atoms. The highest BCUT2D eigenvalue weighted by Gasteiger charge is 2.51. The van der Waals surface area contributed by atoms with Crippen LogP contribution in [0, 0.1) is 0 Å². The summed E-state index contributed by atoms with van der Waals surface area (Å²) in [5.74, 6) is -0.947. The topological polar surface area (TPSA) is 225 Å². The van der Waals surface area contributed by atoms with Crippen molar-refractivity contribution in [3.63, 3.8) is 0 Å². The molecule has 8 N–H and O–H groups in total. The van der Waals surface area contributed by atoms with Gasteiger partial charge in [-0.2, -0.15) is 0 Å². The van der Waals surface area contributed by atoms with Crippen molar-refractivity contribution in [1.82, 2.24) is 0 Å². The van der Waals surface area contributed by atoms with Crippen LogP contribution in [0.5, 0.6) is 23.0 Å².